The molecule has 2 atom stereocenters. The van der Waals surface area contributed by atoms with E-state index in [0.717, 1.165) is 0 Å². The van der Waals surface area contributed by atoms with E-state index in [4.69, 9.17) is 4.74 Å². The normalized spacial score (nSPS) is 24.5. The lowest BCUT2D eigenvalue weighted by molar-refractivity contribution is -0.386. The summed E-state index contributed by atoms with van der Waals surface area (Å²) in [7, 11) is 0. The number of hydrogen-bond donors (Lipinski definition) is 1. The van der Waals surface area contributed by atoms with Gasteiger partial charge in [-0.1, -0.05) is 22.9 Å². The smallest absolute Gasteiger partial charge is 0.312 e. The van der Waals surface area contributed by atoms with Crippen molar-refractivity contribution in [3.63, 3.8) is 0 Å². The second-order valence-corrected chi connectivity index (χ2v) is 5.99. The summed E-state index contributed by atoms with van der Waals surface area (Å²) in [5, 5.41) is 23.6. The van der Waals surface area contributed by atoms with E-state index < -0.39 is 10.5 Å². The van der Waals surface area contributed by atoms with Gasteiger partial charge in [0, 0.05) is 17.0 Å². The molecule has 1 saturated carbocycles. The first kappa shape index (κ1) is 15.7. The Hall–Kier alpha value is -1.65. The molecule has 2 rings (SSSR count). The molecule has 0 amide bonds. The van der Waals surface area contributed by atoms with Crippen LogP contribution in [-0.4, -0.2) is 23.1 Å². The summed E-state index contributed by atoms with van der Waals surface area (Å²) >= 11 is 3.21. The Bertz CT molecular complexity index is 587. The van der Waals surface area contributed by atoms with E-state index in [2.05, 4.69) is 27.3 Å². The molecule has 6 nitrogen and oxygen atoms in total. The van der Waals surface area contributed by atoms with Crippen molar-refractivity contribution in [2.24, 2.45) is 0 Å². The number of nitro benzene ring substituents is 1. The maximum Gasteiger partial charge on any atom is 0.312 e. The zero-order valence-corrected chi connectivity index (χ0v) is 13.2. The van der Waals surface area contributed by atoms with Crippen LogP contribution in [0.15, 0.2) is 22.7 Å². The number of nitriles is 1. The molecule has 2 unspecified atom stereocenters. The quantitative estimate of drug-likeness (QED) is 0.648. The largest absolute Gasteiger partial charge is 0.483 e. The zero-order valence-electron chi connectivity index (χ0n) is 11.6. The van der Waals surface area contributed by atoms with Gasteiger partial charge in [-0.25, -0.2) is 0 Å². The minimum atomic E-state index is -0.580. The third-order valence-electron chi connectivity index (χ3n) is 3.61. The number of benzene rings is 1. The molecular weight excluding hydrogens is 338 g/mol. The molecule has 0 spiro atoms. The van der Waals surface area contributed by atoms with Crippen molar-refractivity contribution in [3.8, 4) is 11.8 Å². The number of nitro groups is 1. The minimum Gasteiger partial charge on any atom is -0.483 e. The highest BCUT2D eigenvalue weighted by Crippen LogP contribution is 2.36. The summed E-state index contributed by atoms with van der Waals surface area (Å²) < 4.78 is 6.40. The Labute approximate surface area is 131 Å². The standard InChI is InChI=1S/C14H16BrN3O3/c1-2-17-14(9-16)6-5-11(8-14)21-13-4-3-10(15)7-12(13)18(19)20/h3-4,7,11,17H,2,5-6,8H2,1H3. The first-order valence-corrected chi connectivity index (χ1v) is 7.56. The number of nitrogens with zero attached hydrogens (tertiary/aromatic N) is 2. The Morgan fingerprint density at radius 2 is 2.43 bits per heavy atom. The number of ether oxygens (including phenoxy) is 1. The first-order valence-electron chi connectivity index (χ1n) is 6.76. The van der Waals surface area contributed by atoms with E-state index in [0.29, 0.717) is 30.3 Å². The van der Waals surface area contributed by atoms with Gasteiger partial charge < -0.3 is 4.74 Å². The van der Waals surface area contributed by atoms with Crippen LogP contribution in [0.1, 0.15) is 26.2 Å². The van der Waals surface area contributed by atoms with Crippen LogP contribution in [0.4, 0.5) is 5.69 Å². The van der Waals surface area contributed by atoms with Crippen LogP contribution in [0.5, 0.6) is 5.75 Å². The Morgan fingerprint density at radius 3 is 3.05 bits per heavy atom. The Morgan fingerprint density at radius 1 is 1.67 bits per heavy atom. The lowest BCUT2D eigenvalue weighted by Gasteiger charge is -2.21. The molecule has 1 aromatic rings. The van der Waals surface area contributed by atoms with E-state index in [1.54, 1.807) is 12.1 Å². The predicted octanol–water partition coefficient (Wildman–Crippen LogP) is 3.16. The summed E-state index contributed by atoms with van der Waals surface area (Å²) in [6.07, 6.45) is 1.73. The number of rotatable bonds is 5. The first-order chi connectivity index (χ1) is 9.99. The molecule has 1 aromatic carbocycles. The van der Waals surface area contributed by atoms with Crippen molar-refractivity contribution < 1.29 is 9.66 Å². The van der Waals surface area contributed by atoms with Gasteiger partial charge in [0.15, 0.2) is 5.75 Å². The van der Waals surface area contributed by atoms with Gasteiger partial charge in [-0.3, -0.25) is 15.4 Å². The third-order valence-corrected chi connectivity index (χ3v) is 4.10. The molecule has 1 N–H and O–H groups in total. The highest BCUT2D eigenvalue weighted by Gasteiger charge is 2.40. The summed E-state index contributed by atoms with van der Waals surface area (Å²) in [5.74, 6) is 0.249. The predicted molar refractivity (Wildman–Crippen MR) is 81.1 cm³/mol. The zero-order chi connectivity index (χ0) is 15.5. The Balaban J connectivity index is 2.14. The fourth-order valence-corrected chi connectivity index (χ4v) is 3.00. The van der Waals surface area contributed by atoms with E-state index in [1.165, 1.54) is 6.07 Å². The molecule has 0 aromatic heterocycles. The van der Waals surface area contributed by atoms with Crippen molar-refractivity contribution in [3.05, 3.63) is 32.8 Å². The molecular formula is C14H16BrN3O3. The van der Waals surface area contributed by atoms with E-state index in [9.17, 15) is 15.4 Å². The van der Waals surface area contributed by atoms with Crippen LogP contribution >= 0.6 is 15.9 Å². The molecule has 7 heteroatoms. The van der Waals surface area contributed by atoms with Crippen LogP contribution in [0.3, 0.4) is 0 Å². The molecule has 112 valence electrons. The maximum atomic E-state index is 11.1. The van der Waals surface area contributed by atoms with Gasteiger partial charge in [-0.15, -0.1) is 0 Å². The van der Waals surface area contributed by atoms with Gasteiger partial charge in [-0.2, -0.15) is 5.26 Å². The summed E-state index contributed by atoms with van der Waals surface area (Å²) in [6, 6.07) is 7.02. The SMILES string of the molecule is CCNC1(C#N)CCC(Oc2ccc(Br)cc2[N+](=O)[O-])C1. The Kier molecular flexibility index (Phi) is 4.80. The van der Waals surface area contributed by atoms with Gasteiger partial charge in [-0.05, 0) is 31.5 Å². The highest BCUT2D eigenvalue weighted by molar-refractivity contribution is 9.10. The van der Waals surface area contributed by atoms with Crippen molar-refractivity contribution in [1.82, 2.24) is 5.32 Å². The monoisotopic (exact) mass is 353 g/mol. The number of halogens is 1. The summed E-state index contributed by atoms with van der Waals surface area (Å²) in [4.78, 5) is 10.6. The highest BCUT2D eigenvalue weighted by atomic mass is 79.9. The van der Waals surface area contributed by atoms with E-state index in [-0.39, 0.29) is 17.5 Å². The number of nitrogens with one attached hydrogen (secondary N) is 1. The fraction of sp³-hybridized carbons (Fsp3) is 0.500. The van der Waals surface area contributed by atoms with Crippen LogP contribution in [0.2, 0.25) is 0 Å². The lowest BCUT2D eigenvalue weighted by atomic mass is 10.00. The topological polar surface area (TPSA) is 88.2 Å². The molecule has 0 bridgehead atoms. The molecule has 0 radical (unpaired) electrons. The van der Waals surface area contributed by atoms with Gasteiger partial charge in [0.2, 0.25) is 0 Å². The van der Waals surface area contributed by atoms with Gasteiger partial charge >= 0.3 is 5.69 Å². The van der Waals surface area contributed by atoms with Crippen LogP contribution in [0.25, 0.3) is 0 Å². The van der Waals surface area contributed by atoms with Crippen molar-refractivity contribution in [2.45, 2.75) is 37.8 Å². The van der Waals surface area contributed by atoms with Crippen molar-refractivity contribution in [1.29, 1.82) is 5.26 Å². The van der Waals surface area contributed by atoms with Crippen LogP contribution < -0.4 is 10.1 Å². The molecule has 0 saturated heterocycles. The maximum absolute atomic E-state index is 11.1. The average molecular weight is 354 g/mol. The fourth-order valence-electron chi connectivity index (χ4n) is 2.65. The van der Waals surface area contributed by atoms with Gasteiger partial charge in [0.25, 0.3) is 0 Å². The molecule has 1 aliphatic carbocycles. The van der Waals surface area contributed by atoms with Gasteiger partial charge in [0.05, 0.1) is 11.0 Å². The van der Waals surface area contributed by atoms with Gasteiger partial charge in [0.1, 0.15) is 11.6 Å². The third kappa shape index (κ3) is 3.52. The van der Waals surface area contributed by atoms with Crippen LogP contribution in [-0.2, 0) is 0 Å². The molecule has 0 aliphatic heterocycles. The van der Waals surface area contributed by atoms with E-state index in [1.807, 2.05) is 6.92 Å². The van der Waals surface area contributed by atoms with Crippen molar-refractivity contribution in [2.75, 3.05) is 6.54 Å². The molecule has 21 heavy (non-hydrogen) atoms. The summed E-state index contributed by atoms with van der Waals surface area (Å²) in [5.41, 5.74) is -0.647. The minimum absolute atomic E-state index is 0.0673. The molecule has 0 heterocycles. The lowest BCUT2D eigenvalue weighted by Crippen LogP contribution is -2.42. The molecule has 1 aliphatic rings. The molecule has 1 fully saturated rings. The number of hydrogen-bond acceptors (Lipinski definition) is 5. The summed E-state index contributed by atoms with van der Waals surface area (Å²) in [6.45, 7) is 2.66. The second-order valence-electron chi connectivity index (χ2n) is 5.08. The van der Waals surface area contributed by atoms with Crippen LogP contribution in [0, 0.1) is 21.4 Å². The van der Waals surface area contributed by atoms with Crippen molar-refractivity contribution >= 4 is 21.6 Å². The second kappa shape index (κ2) is 6.41. The van der Waals surface area contributed by atoms with E-state index >= 15 is 0 Å². The average Bonchev–Trinajstić information content (AvgIpc) is 2.85.